The first kappa shape index (κ1) is 13.1. The average molecular weight is 258 g/mol. The minimum Gasteiger partial charge on any atom is -0.465 e. The van der Waals surface area contributed by atoms with Crippen LogP contribution in [0.25, 0.3) is 10.9 Å². The van der Waals surface area contributed by atoms with Gasteiger partial charge in [-0.15, -0.1) is 0 Å². The summed E-state index contributed by atoms with van der Waals surface area (Å²) in [6.45, 7) is 0.899. The van der Waals surface area contributed by atoms with Gasteiger partial charge in [-0.3, -0.25) is 4.68 Å². The number of rotatable bonds is 3. The second-order valence-corrected chi connectivity index (χ2v) is 3.85. The van der Waals surface area contributed by atoms with E-state index in [2.05, 4.69) is 21.7 Å². The van der Waals surface area contributed by atoms with Crippen LogP contribution in [0.1, 0.15) is 10.4 Å². The summed E-state index contributed by atoms with van der Waals surface area (Å²) in [5.41, 5.74) is 1.44. The van der Waals surface area contributed by atoms with Gasteiger partial charge in [-0.25, -0.2) is 4.79 Å². The number of carbonyl (C=O) groups excluding carboxylic acids is 1. The number of fused-ring (bicyclic) bond motifs is 1. The minimum absolute atomic E-state index is 0.352. The van der Waals surface area contributed by atoms with Crippen molar-refractivity contribution in [3.8, 4) is 11.8 Å². The minimum atomic E-state index is -0.352. The van der Waals surface area contributed by atoms with E-state index in [-0.39, 0.29) is 5.97 Å². The van der Waals surface area contributed by atoms with Crippen molar-refractivity contribution in [2.75, 3.05) is 20.8 Å². The Bertz CT molecular complexity index is 649. The highest BCUT2D eigenvalue weighted by atomic mass is 16.5. The fraction of sp³-hybridized carbons (Fsp3) is 0.286. The summed E-state index contributed by atoms with van der Waals surface area (Å²) in [6, 6.07) is 5.31. The number of aromatic nitrogens is 2. The van der Waals surface area contributed by atoms with Crippen LogP contribution in [0.4, 0.5) is 0 Å². The molecule has 0 aliphatic rings. The van der Waals surface area contributed by atoms with Gasteiger partial charge in [-0.2, -0.15) is 5.10 Å². The number of nitrogens with zero attached hydrogens (tertiary/aromatic N) is 2. The van der Waals surface area contributed by atoms with E-state index in [4.69, 9.17) is 4.74 Å². The largest absolute Gasteiger partial charge is 0.465 e. The molecule has 0 spiro atoms. The third kappa shape index (κ3) is 2.92. The van der Waals surface area contributed by atoms with Gasteiger partial charge in [-0.05, 0) is 18.2 Å². The van der Waals surface area contributed by atoms with Crippen LogP contribution in [0.3, 0.4) is 0 Å². The van der Waals surface area contributed by atoms with Gasteiger partial charge < -0.3 is 9.47 Å². The van der Waals surface area contributed by atoms with E-state index in [0.29, 0.717) is 18.7 Å². The molecule has 0 saturated carbocycles. The topological polar surface area (TPSA) is 53.4 Å². The monoisotopic (exact) mass is 258 g/mol. The lowest BCUT2D eigenvalue weighted by Gasteiger charge is -2.00. The third-order valence-electron chi connectivity index (χ3n) is 2.63. The van der Waals surface area contributed by atoms with Crippen LogP contribution in [0.5, 0.6) is 0 Å². The summed E-state index contributed by atoms with van der Waals surface area (Å²) in [7, 11) is 2.97. The molecular formula is C14H14N2O3. The number of ether oxygens (including phenoxy) is 2. The Morgan fingerprint density at radius 2 is 2.21 bits per heavy atom. The molecule has 1 aromatic carbocycles. The van der Waals surface area contributed by atoms with Crippen LogP contribution in [0.15, 0.2) is 24.4 Å². The molecule has 1 heterocycles. The van der Waals surface area contributed by atoms with Crippen LogP contribution in [0, 0.1) is 11.8 Å². The van der Waals surface area contributed by atoms with Gasteiger partial charge in [0.1, 0.15) is 13.2 Å². The van der Waals surface area contributed by atoms with Crippen molar-refractivity contribution in [2.24, 2.45) is 0 Å². The maximum Gasteiger partial charge on any atom is 0.337 e. The molecule has 0 radical (unpaired) electrons. The molecule has 0 bridgehead atoms. The summed E-state index contributed by atoms with van der Waals surface area (Å²) >= 11 is 0. The zero-order valence-electron chi connectivity index (χ0n) is 10.8. The third-order valence-corrected chi connectivity index (χ3v) is 2.63. The molecule has 0 aliphatic heterocycles. The molecule has 2 rings (SSSR count). The van der Waals surface area contributed by atoms with Crippen molar-refractivity contribution in [3.63, 3.8) is 0 Å². The first-order valence-electron chi connectivity index (χ1n) is 5.75. The molecular weight excluding hydrogens is 244 g/mol. The first-order chi connectivity index (χ1) is 9.26. The first-order valence-corrected chi connectivity index (χ1v) is 5.75. The second-order valence-electron chi connectivity index (χ2n) is 3.85. The van der Waals surface area contributed by atoms with Gasteiger partial charge in [0.15, 0.2) is 0 Å². The quantitative estimate of drug-likeness (QED) is 0.618. The van der Waals surface area contributed by atoms with E-state index >= 15 is 0 Å². The molecule has 1 aromatic heterocycles. The maximum atomic E-state index is 11.4. The van der Waals surface area contributed by atoms with Crippen molar-refractivity contribution < 1.29 is 14.3 Å². The zero-order valence-corrected chi connectivity index (χ0v) is 10.8. The fourth-order valence-corrected chi connectivity index (χ4v) is 1.71. The Morgan fingerprint density at radius 3 is 2.95 bits per heavy atom. The lowest BCUT2D eigenvalue weighted by molar-refractivity contribution is 0.0601. The molecule has 0 unspecified atom stereocenters. The van der Waals surface area contributed by atoms with Crippen LogP contribution < -0.4 is 0 Å². The van der Waals surface area contributed by atoms with Gasteiger partial charge >= 0.3 is 5.97 Å². The van der Waals surface area contributed by atoms with E-state index in [1.54, 1.807) is 30.1 Å². The summed E-state index contributed by atoms with van der Waals surface area (Å²) in [5.74, 6) is 5.48. The van der Waals surface area contributed by atoms with Crippen molar-refractivity contribution in [1.82, 2.24) is 9.78 Å². The summed E-state index contributed by atoms with van der Waals surface area (Å²) in [5, 5.41) is 5.13. The lowest BCUT2D eigenvalue weighted by atomic mass is 10.1. The summed E-state index contributed by atoms with van der Waals surface area (Å²) < 4.78 is 11.3. The zero-order chi connectivity index (χ0) is 13.7. The standard InChI is InChI=1S/C14H14N2O3/c1-18-8-4-3-7-16-13-6-5-11(14(17)19-2)9-12(13)10-15-16/h5-6,9-10H,7-8H2,1-2H3. The van der Waals surface area contributed by atoms with E-state index in [1.807, 2.05) is 6.07 Å². The fourth-order valence-electron chi connectivity index (χ4n) is 1.71. The van der Waals surface area contributed by atoms with Crippen molar-refractivity contribution >= 4 is 16.9 Å². The highest BCUT2D eigenvalue weighted by Crippen LogP contribution is 2.16. The van der Waals surface area contributed by atoms with Crippen LogP contribution in [-0.4, -0.2) is 36.6 Å². The smallest absolute Gasteiger partial charge is 0.337 e. The Kier molecular flexibility index (Phi) is 4.16. The number of methoxy groups -OCH3 is 2. The summed E-state index contributed by atoms with van der Waals surface area (Å²) in [6.07, 6.45) is 1.71. The number of carbonyl (C=O) groups is 1. The van der Waals surface area contributed by atoms with Crippen molar-refractivity contribution in [3.05, 3.63) is 30.0 Å². The van der Waals surface area contributed by atoms with Gasteiger partial charge in [0, 0.05) is 12.5 Å². The normalized spacial score (nSPS) is 10.0. The predicted molar refractivity (Wildman–Crippen MR) is 70.7 cm³/mol. The molecule has 2 aromatic rings. The molecule has 5 heteroatoms. The van der Waals surface area contributed by atoms with Crippen LogP contribution in [0.2, 0.25) is 0 Å². The van der Waals surface area contributed by atoms with E-state index < -0.39 is 0 Å². The van der Waals surface area contributed by atoms with Gasteiger partial charge in [0.05, 0.1) is 24.4 Å². The number of hydrogen-bond donors (Lipinski definition) is 0. The predicted octanol–water partition coefficient (Wildman–Crippen LogP) is 1.47. The Balaban J connectivity index is 2.25. The molecule has 0 saturated heterocycles. The Hall–Kier alpha value is -2.32. The maximum absolute atomic E-state index is 11.4. The Morgan fingerprint density at radius 1 is 1.37 bits per heavy atom. The lowest BCUT2D eigenvalue weighted by Crippen LogP contribution is -2.01. The van der Waals surface area contributed by atoms with E-state index in [1.165, 1.54) is 7.11 Å². The average Bonchev–Trinajstić information content (AvgIpc) is 2.85. The Labute approximate surface area is 111 Å². The van der Waals surface area contributed by atoms with Gasteiger partial charge in [-0.1, -0.05) is 11.8 Å². The molecule has 0 fully saturated rings. The van der Waals surface area contributed by atoms with Crippen molar-refractivity contribution in [2.45, 2.75) is 6.54 Å². The highest BCUT2D eigenvalue weighted by molar-refractivity contribution is 5.94. The molecule has 0 amide bonds. The SMILES string of the molecule is COCC#CCn1ncc2cc(C(=O)OC)ccc21. The van der Waals surface area contributed by atoms with Crippen LogP contribution in [-0.2, 0) is 16.0 Å². The van der Waals surface area contributed by atoms with E-state index in [0.717, 1.165) is 10.9 Å². The second kappa shape index (κ2) is 6.03. The molecule has 0 atom stereocenters. The number of benzene rings is 1. The molecule has 19 heavy (non-hydrogen) atoms. The van der Waals surface area contributed by atoms with Crippen LogP contribution >= 0.6 is 0 Å². The summed E-state index contributed by atoms with van der Waals surface area (Å²) in [4.78, 5) is 11.4. The van der Waals surface area contributed by atoms with E-state index in [9.17, 15) is 4.79 Å². The highest BCUT2D eigenvalue weighted by Gasteiger charge is 2.08. The molecule has 5 nitrogen and oxygen atoms in total. The van der Waals surface area contributed by atoms with Gasteiger partial charge in [0.2, 0.25) is 0 Å². The van der Waals surface area contributed by atoms with Crippen molar-refractivity contribution in [1.29, 1.82) is 0 Å². The number of hydrogen-bond acceptors (Lipinski definition) is 4. The number of esters is 1. The molecule has 0 N–H and O–H groups in total. The van der Waals surface area contributed by atoms with Gasteiger partial charge in [0.25, 0.3) is 0 Å². The molecule has 0 aliphatic carbocycles. The molecule has 98 valence electrons.